The largest absolute Gasteiger partial charge is 0.254 e. The van der Waals surface area contributed by atoms with E-state index in [4.69, 9.17) is 11.6 Å². The molecular formula is C9H15ClN2O2S2. The van der Waals surface area contributed by atoms with Gasteiger partial charge in [0.2, 0.25) is 0 Å². The van der Waals surface area contributed by atoms with Crippen LogP contribution in [0, 0.1) is 0 Å². The van der Waals surface area contributed by atoms with Crippen LogP contribution in [0.25, 0.3) is 0 Å². The third-order valence-corrected chi connectivity index (χ3v) is 5.69. The fourth-order valence-electron chi connectivity index (χ4n) is 1.27. The number of nitrogens with zero attached hydrogens (tertiary/aromatic N) is 2. The monoisotopic (exact) mass is 282 g/mol. The van der Waals surface area contributed by atoms with Gasteiger partial charge in [-0.1, -0.05) is 43.2 Å². The van der Waals surface area contributed by atoms with Crippen LogP contribution in [0.2, 0.25) is 4.47 Å². The minimum atomic E-state index is -3.40. The van der Waals surface area contributed by atoms with E-state index in [1.807, 2.05) is 13.8 Å². The second kappa shape index (κ2) is 5.95. The van der Waals surface area contributed by atoms with Crippen LogP contribution in [0.15, 0.2) is 10.4 Å². The summed E-state index contributed by atoms with van der Waals surface area (Å²) in [6.45, 7) is 4.88. The average Bonchev–Trinajstić information content (AvgIpc) is 2.66. The molecule has 1 heterocycles. The molecule has 0 fully saturated rings. The van der Waals surface area contributed by atoms with Gasteiger partial charge in [0.05, 0.1) is 6.20 Å². The number of hydrogen-bond acceptors (Lipinski definition) is 4. The van der Waals surface area contributed by atoms with Crippen molar-refractivity contribution in [1.82, 2.24) is 9.29 Å². The molecule has 0 bridgehead atoms. The molecular weight excluding hydrogens is 268 g/mol. The van der Waals surface area contributed by atoms with Crippen LogP contribution in [0.1, 0.15) is 26.7 Å². The van der Waals surface area contributed by atoms with Crippen molar-refractivity contribution in [2.24, 2.45) is 0 Å². The Morgan fingerprint density at radius 1 is 1.50 bits per heavy atom. The Morgan fingerprint density at radius 2 is 2.19 bits per heavy atom. The van der Waals surface area contributed by atoms with Crippen LogP contribution in [-0.4, -0.2) is 30.8 Å². The van der Waals surface area contributed by atoms with Crippen LogP contribution in [0.3, 0.4) is 0 Å². The van der Waals surface area contributed by atoms with E-state index in [2.05, 4.69) is 4.98 Å². The maximum absolute atomic E-state index is 12.1. The summed E-state index contributed by atoms with van der Waals surface area (Å²) < 4.78 is 26.2. The van der Waals surface area contributed by atoms with Crippen LogP contribution < -0.4 is 0 Å². The lowest BCUT2D eigenvalue weighted by atomic mass is 10.3. The molecule has 0 saturated carbocycles. The highest BCUT2D eigenvalue weighted by molar-refractivity contribution is 7.91. The number of aromatic nitrogens is 1. The van der Waals surface area contributed by atoms with Gasteiger partial charge in [0.25, 0.3) is 10.0 Å². The number of rotatable bonds is 6. The zero-order valence-electron chi connectivity index (χ0n) is 9.31. The summed E-state index contributed by atoms with van der Waals surface area (Å²) in [4.78, 5) is 3.76. The molecule has 1 aromatic heterocycles. The fourth-order valence-corrected chi connectivity index (χ4v) is 4.20. The Labute approximate surface area is 105 Å². The van der Waals surface area contributed by atoms with Crippen molar-refractivity contribution < 1.29 is 8.42 Å². The van der Waals surface area contributed by atoms with Crippen LogP contribution in [-0.2, 0) is 10.0 Å². The molecule has 92 valence electrons. The first-order valence-electron chi connectivity index (χ1n) is 5.13. The molecule has 0 aliphatic carbocycles. The Hall–Kier alpha value is -0.170. The molecule has 4 nitrogen and oxygen atoms in total. The Bertz CT molecular complexity index is 430. The predicted octanol–water partition coefficient (Wildman–Crippen LogP) is 2.61. The summed E-state index contributed by atoms with van der Waals surface area (Å²) in [6, 6.07) is 0. The highest BCUT2D eigenvalue weighted by Crippen LogP contribution is 2.25. The molecule has 0 unspecified atom stereocenters. The van der Waals surface area contributed by atoms with Gasteiger partial charge in [0.1, 0.15) is 0 Å². The lowest BCUT2D eigenvalue weighted by Crippen LogP contribution is -2.31. The Balaban J connectivity index is 2.90. The SMILES string of the molecule is CCCCN(CC)S(=O)(=O)c1cnc(Cl)s1. The van der Waals surface area contributed by atoms with Crippen molar-refractivity contribution >= 4 is 33.0 Å². The molecule has 0 radical (unpaired) electrons. The predicted molar refractivity (Wildman–Crippen MR) is 66.5 cm³/mol. The highest BCUT2D eigenvalue weighted by Gasteiger charge is 2.24. The second-order valence-electron chi connectivity index (χ2n) is 3.28. The second-order valence-corrected chi connectivity index (χ2v) is 7.06. The van der Waals surface area contributed by atoms with Gasteiger partial charge in [0, 0.05) is 13.1 Å². The summed E-state index contributed by atoms with van der Waals surface area (Å²) in [7, 11) is -3.40. The summed E-state index contributed by atoms with van der Waals surface area (Å²) in [5.74, 6) is 0. The molecule has 0 saturated heterocycles. The minimum absolute atomic E-state index is 0.218. The number of halogens is 1. The van der Waals surface area contributed by atoms with Crippen molar-refractivity contribution in [3.63, 3.8) is 0 Å². The normalized spacial score (nSPS) is 12.2. The molecule has 0 spiro atoms. The van der Waals surface area contributed by atoms with E-state index in [1.165, 1.54) is 10.5 Å². The van der Waals surface area contributed by atoms with Crippen molar-refractivity contribution in [2.45, 2.75) is 30.9 Å². The van der Waals surface area contributed by atoms with E-state index in [-0.39, 0.29) is 8.68 Å². The lowest BCUT2D eigenvalue weighted by Gasteiger charge is -2.18. The first-order chi connectivity index (χ1) is 7.52. The minimum Gasteiger partial charge on any atom is -0.232 e. The highest BCUT2D eigenvalue weighted by atomic mass is 35.5. The Morgan fingerprint density at radius 3 is 2.62 bits per heavy atom. The molecule has 0 N–H and O–H groups in total. The topological polar surface area (TPSA) is 50.3 Å². The lowest BCUT2D eigenvalue weighted by molar-refractivity contribution is 0.420. The standard InChI is InChI=1S/C9H15ClN2O2S2/c1-3-5-6-12(4-2)16(13,14)8-7-11-9(10)15-8/h7H,3-6H2,1-2H3. The Kier molecular flexibility index (Phi) is 5.17. The molecule has 16 heavy (non-hydrogen) atoms. The number of hydrogen-bond donors (Lipinski definition) is 0. The van der Waals surface area contributed by atoms with E-state index in [0.29, 0.717) is 13.1 Å². The van der Waals surface area contributed by atoms with Crippen molar-refractivity contribution in [2.75, 3.05) is 13.1 Å². The van der Waals surface area contributed by atoms with E-state index in [0.717, 1.165) is 24.2 Å². The van der Waals surface area contributed by atoms with Crippen molar-refractivity contribution in [3.8, 4) is 0 Å². The van der Waals surface area contributed by atoms with E-state index >= 15 is 0 Å². The fraction of sp³-hybridized carbons (Fsp3) is 0.667. The zero-order valence-corrected chi connectivity index (χ0v) is 11.7. The quantitative estimate of drug-likeness (QED) is 0.806. The van der Waals surface area contributed by atoms with E-state index in [1.54, 1.807) is 0 Å². The van der Waals surface area contributed by atoms with Gasteiger partial charge in [-0.2, -0.15) is 4.31 Å². The third-order valence-electron chi connectivity index (χ3n) is 2.16. The smallest absolute Gasteiger partial charge is 0.232 e. The average molecular weight is 283 g/mol. The molecule has 1 aromatic rings. The van der Waals surface area contributed by atoms with Gasteiger partial charge < -0.3 is 0 Å². The summed E-state index contributed by atoms with van der Waals surface area (Å²) in [5.41, 5.74) is 0. The van der Waals surface area contributed by atoms with Gasteiger partial charge in [-0.15, -0.1) is 0 Å². The third kappa shape index (κ3) is 3.16. The molecule has 1 rings (SSSR count). The first kappa shape index (κ1) is 13.9. The molecule has 7 heteroatoms. The van der Waals surface area contributed by atoms with E-state index in [9.17, 15) is 8.42 Å². The number of unbranched alkanes of at least 4 members (excludes halogenated alkanes) is 1. The van der Waals surface area contributed by atoms with E-state index < -0.39 is 10.0 Å². The van der Waals surface area contributed by atoms with Gasteiger partial charge >= 0.3 is 0 Å². The molecule has 0 aromatic carbocycles. The van der Waals surface area contributed by atoms with Gasteiger partial charge in [-0.3, -0.25) is 0 Å². The summed E-state index contributed by atoms with van der Waals surface area (Å²) in [5, 5.41) is 0. The van der Waals surface area contributed by atoms with Crippen LogP contribution >= 0.6 is 22.9 Å². The first-order valence-corrected chi connectivity index (χ1v) is 7.77. The van der Waals surface area contributed by atoms with Crippen LogP contribution in [0.5, 0.6) is 0 Å². The number of thiazole rings is 1. The molecule has 0 aliphatic rings. The molecule has 0 atom stereocenters. The van der Waals surface area contributed by atoms with Gasteiger partial charge in [-0.05, 0) is 6.42 Å². The summed E-state index contributed by atoms with van der Waals surface area (Å²) >= 11 is 6.64. The van der Waals surface area contributed by atoms with Crippen LogP contribution in [0.4, 0.5) is 0 Å². The molecule has 0 amide bonds. The number of sulfonamides is 1. The maximum atomic E-state index is 12.1. The van der Waals surface area contributed by atoms with Crippen molar-refractivity contribution in [1.29, 1.82) is 0 Å². The van der Waals surface area contributed by atoms with Crippen molar-refractivity contribution in [3.05, 3.63) is 10.7 Å². The maximum Gasteiger partial charge on any atom is 0.254 e. The summed E-state index contributed by atoms with van der Waals surface area (Å²) in [6.07, 6.45) is 3.14. The molecule has 0 aliphatic heterocycles. The zero-order chi connectivity index (χ0) is 12.2. The van der Waals surface area contributed by atoms with Gasteiger partial charge in [-0.25, -0.2) is 13.4 Å². The van der Waals surface area contributed by atoms with Gasteiger partial charge in [0.15, 0.2) is 8.68 Å².